The summed E-state index contributed by atoms with van der Waals surface area (Å²) >= 11 is 3.17. The number of methoxy groups -OCH3 is 1. The predicted octanol–water partition coefficient (Wildman–Crippen LogP) is 2.23. The Morgan fingerprint density at radius 1 is 1.53 bits per heavy atom. The van der Waals surface area contributed by atoms with Crippen molar-refractivity contribution in [3.8, 4) is 11.5 Å². The number of hydrogen-bond acceptors (Lipinski definition) is 3. The summed E-state index contributed by atoms with van der Waals surface area (Å²) in [6.07, 6.45) is 0.850. The zero-order chi connectivity index (χ0) is 11.4. The molecule has 15 heavy (non-hydrogen) atoms. The van der Waals surface area contributed by atoms with E-state index in [9.17, 15) is 9.50 Å². The number of phenolic OH excluding ortho intramolecular Hbond substituents is 1. The van der Waals surface area contributed by atoms with Crippen LogP contribution in [0.4, 0.5) is 4.39 Å². The number of benzene rings is 1. The van der Waals surface area contributed by atoms with E-state index in [-0.39, 0.29) is 18.1 Å². The van der Waals surface area contributed by atoms with E-state index in [2.05, 4.69) is 15.9 Å². The molecule has 1 rings (SSSR count). The van der Waals surface area contributed by atoms with Crippen LogP contribution in [-0.4, -0.2) is 23.9 Å². The van der Waals surface area contributed by atoms with E-state index in [1.165, 1.54) is 7.11 Å². The normalized spacial score (nSPS) is 10.4. The van der Waals surface area contributed by atoms with E-state index in [0.717, 1.165) is 6.07 Å². The quantitative estimate of drug-likeness (QED) is 0.888. The first-order chi connectivity index (χ1) is 7.11. The molecule has 0 bridgehead atoms. The van der Waals surface area contributed by atoms with Gasteiger partial charge in [-0.2, -0.15) is 0 Å². The van der Waals surface area contributed by atoms with Crippen molar-refractivity contribution in [2.24, 2.45) is 0 Å². The molecule has 0 aromatic heterocycles. The van der Waals surface area contributed by atoms with Crippen molar-refractivity contribution >= 4 is 15.9 Å². The molecule has 2 N–H and O–H groups in total. The molecule has 0 aliphatic heterocycles. The highest BCUT2D eigenvalue weighted by atomic mass is 79.9. The first kappa shape index (κ1) is 12.3. The largest absolute Gasteiger partial charge is 0.504 e. The lowest BCUT2D eigenvalue weighted by atomic mass is 10.1. The molecule has 0 amide bonds. The van der Waals surface area contributed by atoms with Crippen molar-refractivity contribution in [3.63, 3.8) is 0 Å². The number of phenols is 1. The molecular weight excluding hydrogens is 267 g/mol. The SMILES string of the molecule is COc1c(O)cc(F)c(CCCO)c1Br. The maximum atomic E-state index is 13.4. The molecular formula is C10H12BrFO3. The Hall–Kier alpha value is -0.810. The molecule has 5 heteroatoms. The van der Waals surface area contributed by atoms with E-state index >= 15 is 0 Å². The molecule has 0 saturated carbocycles. The van der Waals surface area contributed by atoms with Gasteiger partial charge in [0.1, 0.15) is 5.82 Å². The van der Waals surface area contributed by atoms with E-state index in [4.69, 9.17) is 9.84 Å². The monoisotopic (exact) mass is 278 g/mol. The average Bonchev–Trinajstić information content (AvgIpc) is 2.17. The summed E-state index contributed by atoms with van der Waals surface area (Å²) in [6.45, 7) is -0.00489. The first-order valence-electron chi connectivity index (χ1n) is 4.46. The number of aromatic hydroxyl groups is 1. The van der Waals surface area contributed by atoms with Gasteiger partial charge in [0.25, 0.3) is 0 Å². The molecule has 1 aromatic carbocycles. The second kappa shape index (κ2) is 5.32. The summed E-state index contributed by atoms with van der Waals surface area (Å²) in [7, 11) is 1.40. The van der Waals surface area contributed by atoms with Crippen molar-refractivity contribution in [2.45, 2.75) is 12.8 Å². The molecule has 0 heterocycles. The highest BCUT2D eigenvalue weighted by Crippen LogP contribution is 2.38. The van der Waals surface area contributed by atoms with Crippen LogP contribution in [0.1, 0.15) is 12.0 Å². The minimum absolute atomic E-state index is 0.00489. The van der Waals surface area contributed by atoms with Crippen LogP contribution >= 0.6 is 15.9 Å². The van der Waals surface area contributed by atoms with Gasteiger partial charge < -0.3 is 14.9 Å². The molecule has 0 aliphatic carbocycles. The molecule has 0 saturated heterocycles. The summed E-state index contributed by atoms with van der Waals surface area (Å²) < 4.78 is 18.7. The predicted molar refractivity (Wildman–Crippen MR) is 57.7 cm³/mol. The van der Waals surface area contributed by atoms with Gasteiger partial charge in [-0.15, -0.1) is 0 Å². The van der Waals surface area contributed by atoms with Crippen LogP contribution in [0.2, 0.25) is 0 Å². The van der Waals surface area contributed by atoms with Crippen LogP contribution < -0.4 is 4.74 Å². The van der Waals surface area contributed by atoms with Crippen molar-refractivity contribution in [1.82, 2.24) is 0 Å². The Morgan fingerprint density at radius 3 is 2.73 bits per heavy atom. The Morgan fingerprint density at radius 2 is 2.20 bits per heavy atom. The third-order valence-electron chi connectivity index (χ3n) is 2.04. The summed E-state index contributed by atoms with van der Waals surface area (Å²) in [5.74, 6) is -0.535. The Balaban J connectivity index is 3.14. The lowest BCUT2D eigenvalue weighted by molar-refractivity contribution is 0.287. The molecule has 0 unspecified atom stereocenters. The van der Waals surface area contributed by atoms with Crippen LogP contribution in [0.25, 0.3) is 0 Å². The molecule has 1 aromatic rings. The average molecular weight is 279 g/mol. The van der Waals surface area contributed by atoms with Crippen LogP contribution in [0.3, 0.4) is 0 Å². The van der Waals surface area contributed by atoms with Gasteiger partial charge in [0.2, 0.25) is 0 Å². The Labute approximate surface area is 95.6 Å². The van der Waals surface area contributed by atoms with Gasteiger partial charge in [-0.25, -0.2) is 4.39 Å². The van der Waals surface area contributed by atoms with Crippen LogP contribution in [0.5, 0.6) is 11.5 Å². The number of ether oxygens (including phenoxy) is 1. The fraction of sp³-hybridized carbons (Fsp3) is 0.400. The van der Waals surface area contributed by atoms with Crippen molar-refractivity contribution in [3.05, 3.63) is 21.9 Å². The Kier molecular flexibility index (Phi) is 4.35. The second-order valence-corrected chi connectivity index (χ2v) is 3.82. The number of aliphatic hydroxyl groups is 1. The second-order valence-electron chi connectivity index (χ2n) is 3.03. The molecule has 3 nitrogen and oxygen atoms in total. The third-order valence-corrected chi connectivity index (χ3v) is 2.88. The van der Waals surface area contributed by atoms with Crippen LogP contribution in [0, 0.1) is 5.82 Å². The van der Waals surface area contributed by atoms with Gasteiger partial charge in [-0.3, -0.25) is 0 Å². The van der Waals surface area contributed by atoms with Gasteiger partial charge >= 0.3 is 0 Å². The standard InChI is InChI=1S/C10H12BrFO3/c1-15-10-8(14)5-7(12)6(9(10)11)3-2-4-13/h5,13-14H,2-4H2,1H3. The van der Waals surface area contributed by atoms with E-state index in [1.807, 2.05) is 0 Å². The lowest BCUT2D eigenvalue weighted by Crippen LogP contribution is -1.98. The van der Waals surface area contributed by atoms with Crippen LogP contribution in [-0.2, 0) is 6.42 Å². The van der Waals surface area contributed by atoms with Gasteiger partial charge in [0.05, 0.1) is 11.6 Å². The molecule has 0 radical (unpaired) electrons. The number of rotatable bonds is 4. The molecule has 0 aliphatic rings. The molecule has 0 spiro atoms. The highest BCUT2D eigenvalue weighted by Gasteiger charge is 2.16. The van der Waals surface area contributed by atoms with E-state index < -0.39 is 5.82 Å². The zero-order valence-corrected chi connectivity index (χ0v) is 9.84. The summed E-state index contributed by atoms with van der Waals surface area (Å²) in [4.78, 5) is 0. The molecule has 0 atom stereocenters. The van der Waals surface area contributed by atoms with Gasteiger partial charge in [-0.1, -0.05) is 0 Å². The maximum absolute atomic E-state index is 13.4. The Bertz CT molecular complexity index is 355. The highest BCUT2D eigenvalue weighted by molar-refractivity contribution is 9.10. The number of hydrogen-bond donors (Lipinski definition) is 2. The summed E-state index contributed by atoms with van der Waals surface area (Å²) in [5.41, 5.74) is 0.402. The fourth-order valence-corrected chi connectivity index (χ4v) is 2.06. The number of halogens is 2. The van der Waals surface area contributed by atoms with Crippen molar-refractivity contribution in [2.75, 3.05) is 13.7 Å². The fourth-order valence-electron chi connectivity index (χ4n) is 1.31. The summed E-state index contributed by atoms with van der Waals surface area (Å²) in [6, 6.07) is 1.01. The van der Waals surface area contributed by atoms with Crippen molar-refractivity contribution < 1.29 is 19.3 Å². The molecule has 0 fully saturated rings. The van der Waals surface area contributed by atoms with Crippen LogP contribution in [0.15, 0.2) is 10.5 Å². The van der Waals surface area contributed by atoms with Crippen molar-refractivity contribution in [1.29, 1.82) is 0 Å². The first-order valence-corrected chi connectivity index (χ1v) is 5.25. The van der Waals surface area contributed by atoms with Gasteiger partial charge in [0.15, 0.2) is 11.5 Å². The number of aliphatic hydroxyl groups excluding tert-OH is 1. The van der Waals surface area contributed by atoms with Gasteiger partial charge in [0, 0.05) is 18.2 Å². The summed E-state index contributed by atoms with van der Waals surface area (Å²) in [5, 5.41) is 18.0. The topological polar surface area (TPSA) is 49.7 Å². The van der Waals surface area contributed by atoms with E-state index in [1.54, 1.807) is 0 Å². The molecule has 84 valence electrons. The minimum atomic E-state index is -0.506. The maximum Gasteiger partial charge on any atom is 0.175 e. The minimum Gasteiger partial charge on any atom is -0.504 e. The van der Waals surface area contributed by atoms with E-state index in [0.29, 0.717) is 22.9 Å². The smallest absolute Gasteiger partial charge is 0.175 e. The van der Waals surface area contributed by atoms with Gasteiger partial charge in [-0.05, 0) is 28.8 Å². The zero-order valence-electron chi connectivity index (χ0n) is 8.26. The lowest BCUT2D eigenvalue weighted by Gasteiger charge is -2.11. The third kappa shape index (κ3) is 2.60.